The molecule has 2 atom stereocenters. The Bertz CT molecular complexity index is 1350. The molecule has 2 heterocycles. The van der Waals surface area contributed by atoms with Crippen molar-refractivity contribution in [3.63, 3.8) is 0 Å². The Morgan fingerprint density at radius 1 is 1.14 bits per heavy atom. The lowest BCUT2D eigenvalue weighted by atomic mass is 9.92. The molecule has 7 nitrogen and oxygen atoms in total. The molecule has 0 spiro atoms. The van der Waals surface area contributed by atoms with Crippen molar-refractivity contribution in [1.29, 1.82) is 0 Å². The van der Waals surface area contributed by atoms with E-state index in [-0.39, 0.29) is 17.9 Å². The van der Waals surface area contributed by atoms with Crippen LogP contribution in [0.3, 0.4) is 0 Å². The van der Waals surface area contributed by atoms with Gasteiger partial charge in [-0.25, -0.2) is 0 Å². The van der Waals surface area contributed by atoms with Crippen molar-refractivity contribution in [2.75, 3.05) is 0 Å². The van der Waals surface area contributed by atoms with Crippen LogP contribution < -0.4 is 10.9 Å². The molecular formula is C30H35N3O4. The van der Waals surface area contributed by atoms with E-state index in [2.05, 4.69) is 16.9 Å². The quantitative estimate of drug-likeness (QED) is 0.387. The van der Waals surface area contributed by atoms with Gasteiger partial charge in [0.05, 0.1) is 18.2 Å². The second-order valence-corrected chi connectivity index (χ2v) is 9.93. The third-order valence-corrected chi connectivity index (χ3v) is 6.42. The first-order valence-electron chi connectivity index (χ1n) is 12.4. The average molecular weight is 502 g/mol. The second-order valence-electron chi connectivity index (χ2n) is 9.93. The van der Waals surface area contributed by atoms with E-state index in [0.29, 0.717) is 17.7 Å². The summed E-state index contributed by atoms with van der Waals surface area (Å²) in [4.78, 5) is 42.6. The van der Waals surface area contributed by atoms with Crippen LogP contribution in [0.4, 0.5) is 0 Å². The summed E-state index contributed by atoms with van der Waals surface area (Å²) < 4.78 is 1.42. The monoisotopic (exact) mass is 501 g/mol. The van der Waals surface area contributed by atoms with Gasteiger partial charge in [-0.1, -0.05) is 38.6 Å². The van der Waals surface area contributed by atoms with Gasteiger partial charge in [0.15, 0.2) is 0 Å². The Kier molecular flexibility index (Phi) is 8.81. The molecule has 2 aromatic heterocycles. The molecule has 2 N–H and O–H groups in total. The summed E-state index contributed by atoms with van der Waals surface area (Å²) in [7, 11) is 0. The molecule has 7 heteroatoms. The van der Waals surface area contributed by atoms with Gasteiger partial charge in [0, 0.05) is 24.0 Å². The van der Waals surface area contributed by atoms with Gasteiger partial charge in [0.2, 0.25) is 5.91 Å². The van der Waals surface area contributed by atoms with E-state index >= 15 is 0 Å². The number of aromatic nitrogens is 2. The minimum atomic E-state index is -1.06. The number of carbonyl (C=O) groups excluding carboxylic acids is 1. The van der Waals surface area contributed by atoms with Gasteiger partial charge in [0.25, 0.3) is 5.56 Å². The Morgan fingerprint density at radius 3 is 2.38 bits per heavy atom. The van der Waals surface area contributed by atoms with E-state index in [4.69, 9.17) is 0 Å². The van der Waals surface area contributed by atoms with E-state index < -0.39 is 24.0 Å². The fourth-order valence-corrected chi connectivity index (χ4v) is 4.62. The Morgan fingerprint density at radius 2 is 1.81 bits per heavy atom. The van der Waals surface area contributed by atoms with Crippen molar-refractivity contribution >= 4 is 18.0 Å². The Balaban J connectivity index is 2.06. The first-order chi connectivity index (χ1) is 17.5. The minimum absolute atomic E-state index is 0.131. The van der Waals surface area contributed by atoms with E-state index in [1.54, 1.807) is 24.5 Å². The van der Waals surface area contributed by atoms with Crippen molar-refractivity contribution in [2.45, 2.75) is 59.5 Å². The molecule has 37 heavy (non-hydrogen) atoms. The highest BCUT2D eigenvalue weighted by molar-refractivity contribution is 5.82. The average Bonchev–Trinajstić information content (AvgIpc) is 2.82. The summed E-state index contributed by atoms with van der Waals surface area (Å²) in [6, 6.07) is 9.54. The number of rotatable bonds is 10. The lowest BCUT2D eigenvalue weighted by molar-refractivity contribution is -0.138. The van der Waals surface area contributed by atoms with Gasteiger partial charge in [-0.05, 0) is 79.1 Å². The molecule has 3 aromatic rings. The first kappa shape index (κ1) is 27.6. The van der Waals surface area contributed by atoms with Crippen LogP contribution in [0.25, 0.3) is 17.2 Å². The van der Waals surface area contributed by atoms with Gasteiger partial charge in [-0.15, -0.1) is 0 Å². The van der Waals surface area contributed by atoms with Crippen LogP contribution in [0.5, 0.6) is 0 Å². The van der Waals surface area contributed by atoms with Crippen LogP contribution in [-0.2, 0) is 9.59 Å². The van der Waals surface area contributed by atoms with Gasteiger partial charge < -0.3 is 15.0 Å². The first-order valence-corrected chi connectivity index (χ1v) is 12.4. The van der Waals surface area contributed by atoms with E-state index in [0.717, 1.165) is 27.8 Å². The molecule has 194 valence electrons. The molecule has 1 amide bonds. The van der Waals surface area contributed by atoms with Gasteiger partial charge >= 0.3 is 5.97 Å². The van der Waals surface area contributed by atoms with Crippen LogP contribution in [0, 0.1) is 26.7 Å². The second kappa shape index (κ2) is 11.8. The molecule has 0 aliphatic heterocycles. The van der Waals surface area contributed by atoms with Crippen LogP contribution >= 0.6 is 0 Å². The number of pyridine rings is 2. The predicted octanol–water partition coefficient (Wildman–Crippen LogP) is 5.40. The van der Waals surface area contributed by atoms with Crippen LogP contribution in [0.15, 0.2) is 60.2 Å². The molecule has 0 aliphatic carbocycles. The Labute approximate surface area is 217 Å². The number of aryl methyl sites for hydroxylation is 3. The third kappa shape index (κ3) is 6.61. The molecule has 1 aromatic carbocycles. The van der Waals surface area contributed by atoms with Gasteiger partial charge in [0.1, 0.15) is 6.04 Å². The lowest BCUT2D eigenvalue weighted by Gasteiger charge is -2.25. The minimum Gasteiger partial charge on any atom is -0.481 e. The fourth-order valence-electron chi connectivity index (χ4n) is 4.62. The summed E-state index contributed by atoms with van der Waals surface area (Å²) in [6.45, 7) is 13.7. The number of hydrogen-bond acceptors (Lipinski definition) is 4. The molecule has 0 bridgehead atoms. The zero-order valence-electron chi connectivity index (χ0n) is 22.1. The Hall–Kier alpha value is -4.00. The number of amides is 1. The van der Waals surface area contributed by atoms with Gasteiger partial charge in [-0.2, -0.15) is 0 Å². The molecule has 3 rings (SSSR count). The number of aliphatic carboxylic acids is 1. The summed E-state index contributed by atoms with van der Waals surface area (Å²) in [6.07, 6.45) is 4.96. The van der Waals surface area contributed by atoms with Crippen molar-refractivity contribution in [3.8, 4) is 11.1 Å². The zero-order chi connectivity index (χ0) is 27.3. The molecule has 0 aliphatic rings. The lowest BCUT2D eigenvalue weighted by Crippen LogP contribution is -2.40. The highest BCUT2D eigenvalue weighted by atomic mass is 16.4. The van der Waals surface area contributed by atoms with Crippen LogP contribution in [0.2, 0.25) is 0 Å². The largest absolute Gasteiger partial charge is 0.481 e. The number of benzene rings is 1. The number of hydrogen-bond donors (Lipinski definition) is 2. The highest BCUT2D eigenvalue weighted by Gasteiger charge is 2.27. The van der Waals surface area contributed by atoms with Crippen molar-refractivity contribution < 1.29 is 14.7 Å². The normalized spacial score (nSPS) is 12.7. The third-order valence-electron chi connectivity index (χ3n) is 6.42. The molecule has 0 saturated heterocycles. The maximum Gasteiger partial charge on any atom is 0.305 e. The number of carboxylic acids is 1. The fraction of sp³-hybridized carbons (Fsp3) is 0.333. The van der Waals surface area contributed by atoms with E-state index in [9.17, 15) is 19.5 Å². The van der Waals surface area contributed by atoms with E-state index in [1.807, 2.05) is 58.9 Å². The summed E-state index contributed by atoms with van der Waals surface area (Å²) >= 11 is 0. The summed E-state index contributed by atoms with van der Waals surface area (Å²) in [5, 5.41) is 12.6. The summed E-state index contributed by atoms with van der Waals surface area (Å²) in [5.74, 6) is -1.34. The number of nitrogens with one attached hydrogen (secondary N) is 1. The van der Waals surface area contributed by atoms with Crippen molar-refractivity contribution in [1.82, 2.24) is 14.9 Å². The predicted molar refractivity (Wildman–Crippen MR) is 146 cm³/mol. The van der Waals surface area contributed by atoms with Crippen molar-refractivity contribution in [3.05, 3.63) is 93.7 Å². The molecule has 0 saturated carbocycles. The number of carbonyl (C=O) groups is 2. The van der Waals surface area contributed by atoms with Crippen LogP contribution in [-0.4, -0.2) is 26.5 Å². The molecule has 0 unspecified atom stereocenters. The smallest absolute Gasteiger partial charge is 0.305 e. The van der Waals surface area contributed by atoms with Crippen molar-refractivity contribution in [2.24, 2.45) is 5.92 Å². The standard InChI is InChI=1S/C30H35N3O4/c1-7-24-23(29-20(5)9-8-10-21(29)6)15-22(17-31-24)25(16-28(35)36)32-30(37)26(13-18(2)3)33-12-11-19(4)14-27(33)34/h7-12,14-15,17-18,25-26H,1,13,16H2,2-6H3,(H,32,37)(H,35,36)/t25-,26+/m0/s1. The molecule has 0 fully saturated rings. The maximum absolute atomic E-state index is 13.6. The number of carboxylic acid groups (broad SMARTS) is 1. The highest BCUT2D eigenvalue weighted by Crippen LogP contribution is 2.32. The van der Waals surface area contributed by atoms with E-state index in [1.165, 1.54) is 10.6 Å². The zero-order valence-corrected chi connectivity index (χ0v) is 22.1. The SMILES string of the molecule is C=Cc1ncc([C@H](CC(=O)O)NC(=O)[C@@H](CC(C)C)n2ccc(C)cc2=O)cc1-c1c(C)cccc1C. The topological polar surface area (TPSA) is 101 Å². The van der Waals surface area contributed by atoms with Gasteiger partial charge in [-0.3, -0.25) is 19.4 Å². The number of nitrogens with zero attached hydrogens (tertiary/aromatic N) is 2. The molecule has 0 radical (unpaired) electrons. The van der Waals surface area contributed by atoms with Crippen LogP contribution in [0.1, 0.15) is 66.7 Å². The molecular weight excluding hydrogens is 466 g/mol. The summed E-state index contributed by atoms with van der Waals surface area (Å²) in [5.41, 5.74) is 5.69. The maximum atomic E-state index is 13.6.